The zero-order chi connectivity index (χ0) is 14.8. The predicted octanol–water partition coefficient (Wildman–Crippen LogP) is 3.30. The molecule has 1 amide bonds. The van der Waals surface area contributed by atoms with Crippen molar-refractivity contribution in [1.82, 2.24) is 10.2 Å². The van der Waals surface area contributed by atoms with Crippen LogP contribution in [-0.2, 0) is 11.3 Å². The van der Waals surface area contributed by atoms with Gasteiger partial charge in [-0.1, -0.05) is 34.1 Å². The number of hydrogen-bond acceptors (Lipinski definition) is 3. The second kappa shape index (κ2) is 5.83. The van der Waals surface area contributed by atoms with Crippen molar-refractivity contribution in [2.75, 3.05) is 0 Å². The molecule has 0 radical (unpaired) electrons. The van der Waals surface area contributed by atoms with E-state index >= 15 is 0 Å². The van der Waals surface area contributed by atoms with Gasteiger partial charge in [0.25, 0.3) is 5.91 Å². The first-order chi connectivity index (χ1) is 10.1. The molecule has 0 unspecified atom stereocenters. The van der Waals surface area contributed by atoms with Crippen LogP contribution in [0, 0.1) is 0 Å². The lowest BCUT2D eigenvalue weighted by Crippen LogP contribution is -2.29. The van der Waals surface area contributed by atoms with Gasteiger partial charge in [-0.25, -0.2) is 0 Å². The summed E-state index contributed by atoms with van der Waals surface area (Å²) in [5, 5.41) is 3.33. The monoisotopic (exact) mass is 362 g/mol. The number of benzene rings is 1. The first-order valence-electron chi connectivity index (χ1n) is 6.26. The van der Waals surface area contributed by atoms with Crippen molar-refractivity contribution in [1.29, 1.82) is 0 Å². The molecule has 6 heteroatoms. The minimum atomic E-state index is -0.160. The molecular formula is C15H11BrN2O2S. The zero-order valence-corrected chi connectivity index (χ0v) is 13.3. The largest absolute Gasteiger partial charge is 0.467 e. The topological polar surface area (TPSA) is 45.5 Å². The molecule has 1 aromatic carbocycles. The Kier molecular flexibility index (Phi) is 3.90. The fourth-order valence-electron chi connectivity index (χ4n) is 2.02. The molecule has 1 aliphatic heterocycles. The summed E-state index contributed by atoms with van der Waals surface area (Å²) in [6.45, 7) is 0.324. The minimum absolute atomic E-state index is 0.160. The molecule has 0 saturated carbocycles. The van der Waals surface area contributed by atoms with Gasteiger partial charge in [0.05, 0.1) is 12.8 Å². The number of carbonyl (C=O) groups excluding carboxylic acids is 1. The zero-order valence-electron chi connectivity index (χ0n) is 10.9. The third-order valence-corrected chi connectivity index (χ3v) is 4.11. The van der Waals surface area contributed by atoms with Crippen molar-refractivity contribution < 1.29 is 9.21 Å². The Labute approximate surface area is 135 Å². The number of halogens is 1. The van der Waals surface area contributed by atoms with Crippen LogP contribution in [0.1, 0.15) is 11.3 Å². The van der Waals surface area contributed by atoms with E-state index in [1.165, 1.54) is 4.90 Å². The van der Waals surface area contributed by atoms with Gasteiger partial charge in [-0.3, -0.25) is 9.69 Å². The SMILES string of the molecule is O=C1/C(=C/c2ccccc2Br)NC(=S)N1Cc1ccco1. The maximum absolute atomic E-state index is 12.4. The molecular weight excluding hydrogens is 352 g/mol. The van der Waals surface area contributed by atoms with Crippen LogP contribution >= 0.6 is 28.1 Å². The highest BCUT2D eigenvalue weighted by Gasteiger charge is 2.31. The molecule has 0 atom stereocenters. The Hall–Kier alpha value is -1.92. The first kappa shape index (κ1) is 14.0. The van der Waals surface area contributed by atoms with Crippen molar-refractivity contribution in [3.8, 4) is 0 Å². The van der Waals surface area contributed by atoms with E-state index in [2.05, 4.69) is 21.2 Å². The van der Waals surface area contributed by atoms with Gasteiger partial charge in [-0.15, -0.1) is 0 Å². The normalized spacial score (nSPS) is 16.6. The summed E-state index contributed by atoms with van der Waals surface area (Å²) >= 11 is 8.67. The Morgan fingerprint density at radius 1 is 1.29 bits per heavy atom. The highest BCUT2D eigenvalue weighted by Crippen LogP contribution is 2.21. The van der Waals surface area contributed by atoms with Crippen LogP contribution < -0.4 is 5.32 Å². The number of nitrogens with zero attached hydrogens (tertiary/aromatic N) is 1. The number of rotatable bonds is 3. The Balaban J connectivity index is 1.85. The molecule has 2 heterocycles. The molecule has 1 N–H and O–H groups in total. The molecule has 2 aromatic rings. The number of nitrogens with one attached hydrogen (secondary N) is 1. The lowest BCUT2D eigenvalue weighted by Gasteiger charge is -2.11. The highest BCUT2D eigenvalue weighted by atomic mass is 79.9. The summed E-state index contributed by atoms with van der Waals surface area (Å²) in [6.07, 6.45) is 3.35. The number of furan rings is 1. The Bertz CT molecular complexity index is 725. The van der Waals surface area contributed by atoms with Crippen LogP contribution in [0.25, 0.3) is 6.08 Å². The summed E-state index contributed by atoms with van der Waals surface area (Å²) in [4.78, 5) is 13.9. The second-order valence-electron chi connectivity index (χ2n) is 4.48. The average molecular weight is 363 g/mol. The second-order valence-corrected chi connectivity index (χ2v) is 5.72. The van der Waals surface area contributed by atoms with Gasteiger partial charge in [0.15, 0.2) is 5.11 Å². The van der Waals surface area contributed by atoms with E-state index in [-0.39, 0.29) is 5.91 Å². The Morgan fingerprint density at radius 2 is 2.10 bits per heavy atom. The maximum Gasteiger partial charge on any atom is 0.276 e. The summed E-state index contributed by atoms with van der Waals surface area (Å²) in [7, 11) is 0. The van der Waals surface area contributed by atoms with Gasteiger partial charge in [-0.05, 0) is 42.1 Å². The molecule has 0 bridgehead atoms. The van der Waals surface area contributed by atoms with Gasteiger partial charge in [0.1, 0.15) is 11.5 Å². The minimum Gasteiger partial charge on any atom is -0.467 e. The molecule has 3 rings (SSSR count). The van der Waals surface area contributed by atoms with E-state index in [9.17, 15) is 4.79 Å². The summed E-state index contributed by atoms with van der Waals surface area (Å²) < 4.78 is 6.18. The van der Waals surface area contributed by atoms with E-state index < -0.39 is 0 Å². The highest BCUT2D eigenvalue weighted by molar-refractivity contribution is 9.10. The Morgan fingerprint density at radius 3 is 2.81 bits per heavy atom. The summed E-state index contributed by atoms with van der Waals surface area (Å²) in [5.41, 5.74) is 1.37. The molecule has 1 saturated heterocycles. The summed E-state index contributed by atoms with van der Waals surface area (Å²) in [6, 6.07) is 11.3. The van der Waals surface area contributed by atoms with Gasteiger partial charge >= 0.3 is 0 Å². The fourth-order valence-corrected chi connectivity index (χ4v) is 2.68. The van der Waals surface area contributed by atoms with Gasteiger partial charge in [-0.2, -0.15) is 0 Å². The molecule has 1 fully saturated rings. The molecule has 1 aromatic heterocycles. The average Bonchev–Trinajstić information content (AvgIpc) is 3.06. The van der Waals surface area contributed by atoms with Crippen LogP contribution in [0.15, 0.2) is 57.2 Å². The van der Waals surface area contributed by atoms with Crippen molar-refractivity contribution in [3.05, 3.63) is 64.2 Å². The van der Waals surface area contributed by atoms with Crippen LogP contribution in [0.3, 0.4) is 0 Å². The lowest BCUT2D eigenvalue weighted by molar-refractivity contribution is -0.122. The van der Waals surface area contributed by atoms with E-state index in [1.807, 2.05) is 30.3 Å². The fraction of sp³-hybridized carbons (Fsp3) is 0.0667. The van der Waals surface area contributed by atoms with Crippen molar-refractivity contribution in [3.63, 3.8) is 0 Å². The number of amides is 1. The van der Waals surface area contributed by atoms with Crippen molar-refractivity contribution in [2.45, 2.75) is 6.54 Å². The molecule has 0 spiro atoms. The molecule has 4 nitrogen and oxygen atoms in total. The molecule has 21 heavy (non-hydrogen) atoms. The van der Waals surface area contributed by atoms with Crippen molar-refractivity contribution in [2.24, 2.45) is 0 Å². The number of hydrogen-bond donors (Lipinski definition) is 1. The molecule has 0 aliphatic carbocycles. The van der Waals surface area contributed by atoms with Crippen LogP contribution in [0.2, 0.25) is 0 Å². The number of thiocarbonyl (C=S) groups is 1. The van der Waals surface area contributed by atoms with E-state index in [0.717, 1.165) is 10.0 Å². The van der Waals surface area contributed by atoms with E-state index in [4.69, 9.17) is 16.6 Å². The van der Waals surface area contributed by atoms with Gasteiger partial charge in [0, 0.05) is 4.47 Å². The first-order valence-corrected chi connectivity index (χ1v) is 7.47. The molecule has 106 valence electrons. The number of carbonyl (C=O) groups is 1. The third kappa shape index (κ3) is 2.91. The third-order valence-electron chi connectivity index (χ3n) is 3.06. The quantitative estimate of drug-likeness (QED) is 0.672. The van der Waals surface area contributed by atoms with Gasteiger partial charge < -0.3 is 9.73 Å². The molecule has 1 aliphatic rings. The lowest BCUT2D eigenvalue weighted by atomic mass is 10.2. The predicted molar refractivity (Wildman–Crippen MR) is 87.1 cm³/mol. The standard InChI is InChI=1S/C15H11BrN2O2S/c16-12-6-2-1-4-10(12)8-13-14(19)18(15(21)17-13)9-11-5-3-7-20-11/h1-8H,9H2,(H,17,21)/b13-8-. The van der Waals surface area contributed by atoms with Gasteiger partial charge in [0.2, 0.25) is 0 Å². The van der Waals surface area contributed by atoms with Crippen molar-refractivity contribution >= 4 is 45.2 Å². The van der Waals surface area contributed by atoms with E-state index in [0.29, 0.717) is 23.1 Å². The van der Waals surface area contributed by atoms with Crippen LogP contribution in [-0.4, -0.2) is 15.9 Å². The van der Waals surface area contributed by atoms with Crippen LogP contribution in [0.4, 0.5) is 0 Å². The maximum atomic E-state index is 12.4. The summed E-state index contributed by atoms with van der Waals surface area (Å²) in [5.74, 6) is 0.529. The van der Waals surface area contributed by atoms with E-state index in [1.54, 1.807) is 18.4 Å². The smallest absolute Gasteiger partial charge is 0.276 e. The van der Waals surface area contributed by atoms with Crippen LogP contribution in [0.5, 0.6) is 0 Å².